The molecular weight excluding hydrogens is 478 g/mol. The molecule has 2 aromatic heterocycles. The summed E-state index contributed by atoms with van der Waals surface area (Å²) < 4.78 is 31.8. The minimum atomic E-state index is -2.89. The second-order valence-electron chi connectivity index (χ2n) is 9.57. The number of nitrogens with zero attached hydrogens (tertiary/aromatic N) is 3. The maximum atomic E-state index is 12.6. The van der Waals surface area contributed by atoms with Gasteiger partial charge in [-0.05, 0) is 68.0 Å². The number of rotatable bonds is 9. The van der Waals surface area contributed by atoms with Crippen LogP contribution in [0.2, 0.25) is 0 Å². The van der Waals surface area contributed by atoms with E-state index in [9.17, 15) is 18.7 Å². The molecule has 37 heavy (non-hydrogen) atoms. The van der Waals surface area contributed by atoms with Gasteiger partial charge in [0, 0.05) is 12.6 Å². The first-order valence-electron chi connectivity index (χ1n) is 12.3. The number of aryl methyl sites for hydroxylation is 1. The predicted molar refractivity (Wildman–Crippen MR) is 137 cm³/mol. The van der Waals surface area contributed by atoms with Gasteiger partial charge in [-0.2, -0.15) is 8.78 Å². The number of fused-ring (bicyclic) bond motifs is 1. The van der Waals surface area contributed by atoms with Gasteiger partial charge >= 0.3 is 12.6 Å². The second-order valence-corrected chi connectivity index (χ2v) is 9.57. The molecule has 192 valence electrons. The molecule has 2 heterocycles. The van der Waals surface area contributed by atoms with E-state index < -0.39 is 12.6 Å². The van der Waals surface area contributed by atoms with E-state index in [2.05, 4.69) is 37.6 Å². The third kappa shape index (κ3) is 5.26. The number of alkyl halides is 2. The molecule has 5 rings (SSSR count). The molecule has 7 nitrogen and oxygen atoms in total. The lowest BCUT2D eigenvalue weighted by atomic mass is 9.80. The Morgan fingerprint density at radius 1 is 1.16 bits per heavy atom. The molecule has 1 atom stereocenters. The van der Waals surface area contributed by atoms with E-state index in [4.69, 9.17) is 0 Å². The van der Waals surface area contributed by atoms with Crippen LogP contribution in [0.5, 0.6) is 5.75 Å². The molecule has 1 aliphatic carbocycles. The van der Waals surface area contributed by atoms with Gasteiger partial charge in [0.1, 0.15) is 11.3 Å². The summed E-state index contributed by atoms with van der Waals surface area (Å²) >= 11 is 0. The van der Waals surface area contributed by atoms with Gasteiger partial charge in [0.05, 0.1) is 11.2 Å². The summed E-state index contributed by atoms with van der Waals surface area (Å²) in [6, 6.07) is 16.5. The number of carboxylic acid groups (broad SMARTS) is 1. The number of benzene rings is 2. The van der Waals surface area contributed by atoms with Crippen molar-refractivity contribution in [1.82, 2.24) is 14.5 Å². The molecule has 1 fully saturated rings. The van der Waals surface area contributed by atoms with Crippen LogP contribution in [-0.2, 0) is 6.54 Å². The fourth-order valence-corrected chi connectivity index (χ4v) is 4.80. The van der Waals surface area contributed by atoms with Gasteiger partial charge in [0.2, 0.25) is 5.82 Å². The molecule has 2 N–H and O–H groups in total. The van der Waals surface area contributed by atoms with Crippen LogP contribution in [0.25, 0.3) is 22.3 Å². The lowest BCUT2D eigenvalue weighted by molar-refractivity contribution is -0.0498. The molecule has 1 aliphatic rings. The van der Waals surface area contributed by atoms with Crippen molar-refractivity contribution in [3.63, 3.8) is 0 Å². The summed E-state index contributed by atoms with van der Waals surface area (Å²) in [7, 11) is 0. The standard InChI is InChI=1S/C28H28F2N4O3/c1-16-5-3-8-20(13-16)23-14-22-24(34(23)15-18-9-11-21(12-10-18)37-28(29)30)25(33-26(32-22)27(35)36)31-17(2)19-6-4-7-19/h3,5,8-14,17,19,28H,4,6-7,15H2,1-2H3,(H,35,36)(H,31,32,33). The Kier molecular flexibility index (Phi) is 6.78. The van der Waals surface area contributed by atoms with Crippen LogP contribution in [0.3, 0.4) is 0 Å². The fraction of sp³-hybridized carbons (Fsp3) is 0.321. The minimum absolute atomic E-state index is 0.0844. The summed E-state index contributed by atoms with van der Waals surface area (Å²) in [5, 5.41) is 13.2. The number of halogens is 2. The van der Waals surface area contributed by atoms with Crippen molar-refractivity contribution in [2.45, 2.75) is 52.3 Å². The van der Waals surface area contributed by atoms with Crippen LogP contribution in [0, 0.1) is 12.8 Å². The fourth-order valence-electron chi connectivity index (χ4n) is 4.80. The van der Waals surface area contributed by atoms with E-state index in [0.717, 1.165) is 35.2 Å². The monoisotopic (exact) mass is 506 g/mol. The van der Waals surface area contributed by atoms with E-state index in [1.54, 1.807) is 12.1 Å². The molecule has 1 unspecified atom stereocenters. The number of aromatic carboxylic acids is 1. The van der Waals surface area contributed by atoms with Gasteiger partial charge in [0.25, 0.3) is 0 Å². The average molecular weight is 507 g/mol. The highest BCUT2D eigenvalue weighted by molar-refractivity contribution is 5.95. The Balaban J connectivity index is 1.65. The number of carbonyl (C=O) groups is 1. The number of anilines is 1. The van der Waals surface area contributed by atoms with Gasteiger partial charge in [-0.3, -0.25) is 0 Å². The van der Waals surface area contributed by atoms with E-state index in [-0.39, 0.29) is 17.6 Å². The third-order valence-corrected chi connectivity index (χ3v) is 6.96. The zero-order valence-electron chi connectivity index (χ0n) is 20.6. The number of aromatic nitrogens is 3. The van der Waals surface area contributed by atoms with Crippen molar-refractivity contribution in [2.24, 2.45) is 5.92 Å². The first-order valence-corrected chi connectivity index (χ1v) is 12.3. The molecule has 2 aromatic carbocycles. The Labute approximate surface area is 213 Å². The molecule has 0 aliphatic heterocycles. The molecule has 0 amide bonds. The highest BCUT2D eigenvalue weighted by atomic mass is 19.3. The molecular formula is C28H28F2N4O3. The van der Waals surface area contributed by atoms with Crippen LogP contribution in [-0.4, -0.2) is 38.3 Å². The number of hydrogen-bond donors (Lipinski definition) is 2. The molecule has 4 aromatic rings. The molecule has 0 bridgehead atoms. The van der Waals surface area contributed by atoms with Crippen molar-refractivity contribution in [3.05, 3.63) is 71.5 Å². The lowest BCUT2D eigenvalue weighted by Gasteiger charge is -2.32. The highest BCUT2D eigenvalue weighted by Gasteiger charge is 2.27. The second kappa shape index (κ2) is 10.2. The Morgan fingerprint density at radius 2 is 1.92 bits per heavy atom. The van der Waals surface area contributed by atoms with Gasteiger partial charge in [0.15, 0.2) is 5.82 Å². The minimum Gasteiger partial charge on any atom is -0.475 e. The van der Waals surface area contributed by atoms with Crippen molar-refractivity contribution in [2.75, 3.05) is 5.32 Å². The van der Waals surface area contributed by atoms with Crippen LogP contribution in [0.1, 0.15) is 47.9 Å². The lowest BCUT2D eigenvalue weighted by Crippen LogP contribution is -2.31. The quantitative estimate of drug-likeness (QED) is 0.275. The summed E-state index contributed by atoms with van der Waals surface area (Å²) in [5.41, 5.74) is 4.95. The summed E-state index contributed by atoms with van der Waals surface area (Å²) in [5.74, 6) is -0.405. The van der Waals surface area contributed by atoms with Gasteiger partial charge in [-0.15, -0.1) is 0 Å². The number of carboxylic acids is 1. The molecule has 0 radical (unpaired) electrons. The Hall–Kier alpha value is -4.01. The van der Waals surface area contributed by atoms with Gasteiger partial charge in [-0.1, -0.05) is 42.3 Å². The van der Waals surface area contributed by atoms with Gasteiger partial charge in [-0.25, -0.2) is 14.8 Å². The van der Waals surface area contributed by atoms with Crippen molar-refractivity contribution in [1.29, 1.82) is 0 Å². The van der Waals surface area contributed by atoms with Crippen LogP contribution in [0.15, 0.2) is 54.6 Å². The predicted octanol–water partition coefficient (Wildman–Crippen LogP) is 6.36. The molecule has 0 saturated heterocycles. The summed E-state index contributed by atoms with van der Waals surface area (Å²) in [4.78, 5) is 20.6. The van der Waals surface area contributed by atoms with E-state index >= 15 is 0 Å². The third-order valence-electron chi connectivity index (χ3n) is 6.96. The summed E-state index contributed by atoms with van der Waals surface area (Å²) in [6.45, 7) is 1.60. The van der Waals surface area contributed by atoms with Gasteiger partial charge < -0.3 is 19.7 Å². The van der Waals surface area contributed by atoms with E-state index in [1.165, 1.54) is 18.6 Å². The highest BCUT2D eigenvalue weighted by Crippen LogP contribution is 2.35. The zero-order chi connectivity index (χ0) is 26.1. The topological polar surface area (TPSA) is 89.3 Å². The Bertz CT molecular complexity index is 1430. The molecule has 0 spiro atoms. The van der Waals surface area contributed by atoms with Crippen LogP contribution >= 0.6 is 0 Å². The van der Waals surface area contributed by atoms with Crippen molar-refractivity contribution >= 4 is 22.8 Å². The zero-order valence-corrected chi connectivity index (χ0v) is 20.6. The number of nitrogens with one attached hydrogen (secondary N) is 1. The summed E-state index contributed by atoms with van der Waals surface area (Å²) in [6.07, 6.45) is 3.43. The van der Waals surface area contributed by atoms with E-state index in [0.29, 0.717) is 29.3 Å². The average Bonchev–Trinajstić information content (AvgIpc) is 3.17. The number of ether oxygens (including phenoxy) is 1. The first-order chi connectivity index (χ1) is 17.8. The van der Waals surface area contributed by atoms with Crippen LogP contribution in [0.4, 0.5) is 14.6 Å². The maximum absolute atomic E-state index is 12.6. The first kappa shape index (κ1) is 24.7. The Morgan fingerprint density at radius 3 is 2.54 bits per heavy atom. The SMILES string of the molecule is Cc1cccc(-c2cc3nc(C(=O)O)nc(NC(C)C4CCC4)c3n2Cc2ccc(OC(F)F)cc2)c1. The molecule has 9 heteroatoms. The van der Waals surface area contributed by atoms with Crippen LogP contribution < -0.4 is 10.1 Å². The maximum Gasteiger partial charge on any atom is 0.387 e. The largest absolute Gasteiger partial charge is 0.475 e. The number of hydrogen-bond acceptors (Lipinski definition) is 5. The van der Waals surface area contributed by atoms with E-state index in [1.807, 2.05) is 31.2 Å². The van der Waals surface area contributed by atoms with Crippen molar-refractivity contribution < 1.29 is 23.4 Å². The smallest absolute Gasteiger partial charge is 0.387 e. The van der Waals surface area contributed by atoms with Crippen molar-refractivity contribution in [3.8, 4) is 17.0 Å². The molecule has 1 saturated carbocycles. The normalized spacial score (nSPS) is 14.5.